The fraction of sp³-hybridized carbons (Fsp3) is 0.470. The van der Waals surface area contributed by atoms with Crippen LogP contribution in [0.15, 0.2) is 132 Å². The Hall–Kier alpha value is -10.5. The highest BCUT2D eigenvalue weighted by Crippen LogP contribution is 2.40. The number of esters is 2. The molecule has 4 aromatic carbocycles. The van der Waals surface area contributed by atoms with E-state index in [0.29, 0.717) is 62.6 Å². The van der Waals surface area contributed by atoms with Crippen molar-refractivity contribution in [3.63, 3.8) is 0 Å². The number of carbonyl (C=O) groups is 10. The molecule has 3 aliphatic rings. The van der Waals surface area contributed by atoms with Gasteiger partial charge in [0.1, 0.15) is 70.9 Å². The molecule has 0 bridgehead atoms. The Balaban J connectivity index is 0.000000270. The van der Waals surface area contributed by atoms with Gasteiger partial charge in [-0.25, -0.2) is 19.6 Å². The molecule has 0 radical (unpaired) electrons. The fourth-order valence-corrected chi connectivity index (χ4v) is 14.1. The molecule has 24 nitrogen and oxygen atoms in total. The molecule has 572 valence electrons. The molecule has 2 aromatic heterocycles. The number of nitrogens with zero attached hydrogens (tertiary/aromatic N) is 2. The van der Waals surface area contributed by atoms with Crippen LogP contribution in [0.2, 0.25) is 0 Å². The summed E-state index contributed by atoms with van der Waals surface area (Å²) in [6, 6.07) is 29.8. The number of pyridine rings is 2. The van der Waals surface area contributed by atoms with Crippen molar-refractivity contribution in [3.8, 4) is 45.5 Å². The van der Waals surface area contributed by atoms with Crippen LogP contribution in [0, 0.1) is 47.3 Å². The van der Waals surface area contributed by atoms with E-state index < -0.39 is 125 Å². The zero-order chi connectivity index (χ0) is 77.8. The van der Waals surface area contributed by atoms with E-state index in [1.54, 1.807) is 98.2 Å². The molecule has 6 N–H and O–H groups in total. The smallest absolute Gasteiger partial charge is 0.328 e. The number of benzene rings is 4. The van der Waals surface area contributed by atoms with Crippen molar-refractivity contribution in [2.45, 2.75) is 175 Å². The number of methoxy groups -OCH3 is 4. The van der Waals surface area contributed by atoms with Crippen molar-refractivity contribution in [2.75, 3.05) is 28.4 Å². The Kier molecular flexibility index (Phi) is 29.7. The van der Waals surface area contributed by atoms with Crippen LogP contribution in [-0.4, -0.2) is 144 Å². The molecular weight excluding hydrogens is 1370 g/mol. The summed E-state index contributed by atoms with van der Waals surface area (Å²) in [7, 11) is 5.68. The van der Waals surface area contributed by atoms with Crippen molar-refractivity contribution in [1.29, 1.82) is 0 Å². The number of carbonyl (C=O) groups excluding carboxylic acids is 8. The minimum absolute atomic E-state index is 0.0791. The second-order valence-corrected chi connectivity index (χ2v) is 28.4. The maximum Gasteiger partial charge on any atom is 0.328 e. The molecule has 3 aliphatic carbocycles. The summed E-state index contributed by atoms with van der Waals surface area (Å²) in [5.41, 5.74) is 4.43. The van der Waals surface area contributed by atoms with Crippen molar-refractivity contribution < 1.29 is 86.6 Å². The molecule has 11 atom stereocenters. The summed E-state index contributed by atoms with van der Waals surface area (Å²) in [6.07, 6.45) is 7.75. The number of carboxylic acid groups (broad SMARTS) is 2. The first kappa shape index (κ1) is 82.1. The lowest BCUT2D eigenvalue weighted by molar-refractivity contribution is -0.147. The first-order valence-electron chi connectivity index (χ1n) is 37.0. The lowest BCUT2D eigenvalue weighted by Crippen LogP contribution is -2.56. The van der Waals surface area contributed by atoms with Crippen LogP contribution in [0.1, 0.15) is 139 Å². The largest absolute Gasteiger partial charge is 0.497 e. The Labute approximate surface area is 624 Å². The van der Waals surface area contributed by atoms with Crippen molar-refractivity contribution in [1.82, 2.24) is 31.2 Å². The van der Waals surface area contributed by atoms with Gasteiger partial charge in [-0.15, -0.1) is 0 Å². The number of ketones is 2. The van der Waals surface area contributed by atoms with Gasteiger partial charge >= 0.3 is 23.9 Å². The second kappa shape index (κ2) is 38.7. The molecule has 2 heterocycles. The van der Waals surface area contributed by atoms with Gasteiger partial charge < -0.3 is 59.9 Å². The fourth-order valence-electron chi connectivity index (χ4n) is 14.1. The highest BCUT2D eigenvalue weighted by molar-refractivity contribution is 6.05. The molecule has 1 saturated carbocycles. The maximum atomic E-state index is 14.2. The number of aromatic nitrogens is 2. The second-order valence-electron chi connectivity index (χ2n) is 28.4. The standard InChI is InChI=1S/C42H51N3O9.C41H51N3O9/c1-6-25(41(49)50)19-35(46)31-20-29(54-36-23-33(26-13-9-7-10-14-26)43-34-22-28(52-4)17-18-30(34)36)21-32(31)39(47)44-37(24(2)3)40(48)45-38(42(51)53-5)27-15-11-8-12-16-27;1-8-13-24(5)37(41(50)52-7)44-39(47)36(23(3)4)43-38(46)31-20-28(19-30(31)34(45)18-25(9-2)40(48)49)53-35-22-32(26-14-11-10-12-15-26)42-33-21-27(51-6)16-17-29(33)35/h7,9-10,13-14,17-18,21-25,27,29,31,37-38H,6,8,11-12,15-16,19-20H2,1-5H3,(H,44,47)(H,45,48)(H,49,50);10-12,14-17,20-25,28,30,36-37H,8-9,13,18-19H2,1-7H3,(H,43,46)(H,44,47)(H,48,49)/t25-,29-,31-,37+,38-;24?,25-,28+,30+,36-,37-/m11/s1. The van der Waals surface area contributed by atoms with Gasteiger partial charge in [-0.3, -0.25) is 38.4 Å². The number of carboxylic acids is 2. The van der Waals surface area contributed by atoms with Crippen molar-refractivity contribution in [3.05, 3.63) is 132 Å². The highest BCUT2D eigenvalue weighted by atomic mass is 16.5. The van der Waals surface area contributed by atoms with E-state index in [1.165, 1.54) is 14.2 Å². The molecule has 9 rings (SSSR count). The summed E-state index contributed by atoms with van der Waals surface area (Å²) in [5, 5.41) is 32.1. The molecular formula is C83H102N6O18. The summed E-state index contributed by atoms with van der Waals surface area (Å²) >= 11 is 0. The Morgan fingerprint density at radius 3 is 1.30 bits per heavy atom. The average Bonchev–Trinajstić information content (AvgIpc) is 1.64. The minimum Gasteiger partial charge on any atom is -0.497 e. The predicted octanol–water partition coefficient (Wildman–Crippen LogP) is 12.0. The lowest BCUT2D eigenvalue weighted by Gasteiger charge is -2.31. The molecule has 24 heteroatoms. The van der Waals surface area contributed by atoms with Crippen LogP contribution in [0.3, 0.4) is 0 Å². The number of hydrogen-bond acceptors (Lipinski definition) is 18. The third-order valence-electron chi connectivity index (χ3n) is 20.4. The van der Waals surface area contributed by atoms with E-state index in [0.717, 1.165) is 49.7 Å². The first-order valence-corrected chi connectivity index (χ1v) is 37.0. The molecule has 1 unspecified atom stereocenters. The Morgan fingerprint density at radius 2 is 0.925 bits per heavy atom. The molecule has 1 fully saturated rings. The van der Waals surface area contributed by atoms with Crippen molar-refractivity contribution >= 4 is 80.9 Å². The van der Waals surface area contributed by atoms with Crippen molar-refractivity contribution in [2.24, 2.45) is 47.3 Å². The van der Waals surface area contributed by atoms with Gasteiger partial charge in [0.15, 0.2) is 0 Å². The molecule has 6 aromatic rings. The topological polar surface area (TPSA) is 340 Å². The lowest BCUT2D eigenvalue weighted by atomic mass is 9.83. The molecule has 107 heavy (non-hydrogen) atoms. The van der Waals surface area contributed by atoms with Gasteiger partial charge in [0.25, 0.3) is 0 Å². The quantitative estimate of drug-likeness (QED) is 0.0204. The monoisotopic (exact) mass is 1470 g/mol. The highest BCUT2D eigenvalue weighted by Gasteiger charge is 2.43. The van der Waals surface area contributed by atoms with Gasteiger partial charge in [-0.2, -0.15) is 0 Å². The number of fused-ring (bicyclic) bond motifs is 2. The Morgan fingerprint density at radius 1 is 0.505 bits per heavy atom. The van der Waals surface area contributed by atoms with E-state index >= 15 is 0 Å². The normalized spacial score (nSPS) is 18.3. The van der Waals surface area contributed by atoms with Gasteiger partial charge in [0, 0.05) is 83.0 Å². The van der Waals surface area contributed by atoms with E-state index in [9.17, 15) is 58.2 Å². The number of hydrogen-bond donors (Lipinski definition) is 6. The Bertz CT molecular complexity index is 4230. The SMILES string of the molecule is CCCC(C)[C@@H](NC(=O)[C@H](NC(=O)C1=C[C@@H](Oc2cc(-c3ccccc3)nc3cc(OC)ccc23)C[C@@H]1C(=O)C[C@@H](CC)C(=O)O)C(C)C)C(=O)OC.CC[C@H](CC(=O)[C@@H]1C[C@@H](Oc2cc(-c3ccccc3)nc3cc(OC)ccc23)C=C1C(=O)N[C@H](C(=O)N[C@@H](C(=O)OC)C1CCCCC1)C(C)C)C(=O)O. The zero-order valence-electron chi connectivity index (χ0n) is 63.1. The van der Waals surface area contributed by atoms with Crippen LogP contribution < -0.4 is 40.2 Å². The number of amides is 4. The average molecular weight is 1470 g/mol. The van der Waals surface area contributed by atoms with E-state index in [-0.39, 0.29) is 67.4 Å². The molecule has 4 amide bonds. The number of aliphatic carboxylic acids is 2. The van der Waals surface area contributed by atoms with Gasteiger partial charge in [0.05, 0.1) is 74.5 Å². The summed E-state index contributed by atoms with van der Waals surface area (Å²) in [4.78, 5) is 142. The zero-order valence-corrected chi connectivity index (χ0v) is 63.1. The molecule has 0 saturated heterocycles. The third-order valence-corrected chi connectivity index (χ3v) is 20.4. The van der Waals surface area contributed by atoms with Crippen LogP contribution in [0.4, 0.5) is 0 Å². The molecule has 0 spiro atoms. The summed E-state index contributed by atoms with van der Waals surface area (Å²) < 4.78 is 34.0. The van der Waals surface area contributed by atoms with Crippen LogP contribution >= 0.6 is 0 Å². The third kappa shape index (κ3) is 21.2. The first-order chi connectivity index (χ1) is 51.2. The van der Waals surface area contributed by atoms with Gasteiger partial charge in [-0.1, -0.05) is 142 Å². The summed E-state index contributed by atoms with van der Waals surface area (Å²) in [6.45, 7) is 14.3. The number of ether oxygens (including phenoxy) is 6. The van der Waals surface area contributed by atoms with Crippen LogP contribution in [0.5, 0.6) is 23.0 Å². The molecule has 0 aliphatic heterocycles. The maximum absolute atomic E-state index is 14.2. The number of nitrogens with one attached hydrogen (secondary N) is 4. The van der Waals surface area contributed by atoms with E-state index in [2.05, 4.69) is 21.3 Å². The van der Waals surface area contributed by atoms with Gasteiger partial charge in [0.2, 0.25) is 23.6 Å². The van der Waals surface area contributed by atoms with E-state index in [4.69, 9.17) is 38.4 Å². The van der Waals surface area contributed by atoms with Crippen LogP contribution in [0.25, 0.3) is 44.3 Å². The van der Waals surface area contributed by atoms with Gasteiger partial charge in [-0.05, 0) is 92.2 Å². The van der Waals surface area contributed by atoms with Crippen LogP contribution in [-0.2, 0) is 57.4 Å². The number of rotatable bonds is 34. The minimum atomic E-state index is -1.09. The summed E-state index contributed by atoms with van der Waals surface area (Å²) in [5.74, 6) is -9.22. The van der Waals surface area contributed by atoms with E-state index in [1.807, 2.05) is 92.7 Å². The number of Topliss-reactive ketones (excluding diaryl/α,β-unsaturated/α-hetero) is 2. The predicted molar refractivity (Wildman–Crippen MR) is 403 cm³/mol.